The molecule has 2 aromatic rings. The maximum atomic E-state index is 5.94. The molecule has 0 amide bonds. The van der Waals surface area contributed by atoms with E-state index in [2.05, 4.69) is 15.3 Å². The molecule has 0 saturated heterocycles. The third kappa shape index (κ3) is 2.68. The van der Waals surface area contributed by atoms with Crippen LogP contribution in [0, 0.1) is 6.92 Å². The molecule has 0 aliphatic rings. The minimum atomic E-state index is 0.405. The molecular formula is C13H16N4O. The predicted molar refractivity (Wildman–Crippen MR) is 72.1 cm³/mol. The summed E-state index contributed by atoms with van der Waals surface area (Å²) in [4.78, 5) is 8.11. The number of aryl methyl sites for hydroxylation is 1. The Morgan fingerprint density at radius 1 is 1.33 bits per heavy atom. The highest BCUT2D eigenvalue weighted by Crippen LogP contribution is 2.27. The number of aromatic nitrogens is 2. The number of hydrogen-bond acceptors (Lipinski definition) is 5. The number of ether oxygens (including phenoxy) is 1. The average Bonchev–Trinajstić information content (AvgIpc) is 2.35. The van der Waals surface area contributed by atoms with Crippen LogP contribution in [0.15, 0.2) is 30.6 Å². The lowest BCUT2D eigenvalue weighted by atomic mass is 10.2. The quantitative estimate of drug-likeness (QED) is 0.864. The molecule has 1 aromatic heterocycles. The Morgan fingerprint density at radius 3 is 2.89 bits per heavy atom. The van der Waals surface area contributed by atoms with Crippen molar-refractivity contribution in [2.75, 3.05) is 17.7 Å². The monoisotopic (exact) mass is 244 g/mol. The summed E-state index contributed by atoms with van der Waals surface area (Å²) >= 11 is 0. The lowest BCUT2D eigenvalue weighted by Gasteiger charge is -2.11. The van der Waals surface area contributed by atoms with Crippen molar-refractivity contribution in [3.63, 3.8) is 0 Å². The van der Waals surface area contributed by atoms with Crippen LogP contribution in [0.25, 0.3) is 0 Å². The van der Waals surface area contributed by atoms with Crippen molar-refractivity contribution in [2.45, 2.75) is 13.8 Å². The van der Waals surface area contributed by atoms with Gasteiger partial charge >= 0.3 is 0 Å². The van der Waals surface area contributed by atoms with Crippen LogP contribution >= 0.6 is 0 Å². The molecule has 0 aliphatic heterocycles. The SMILES string of the molecule is CCOc1ncnc(Nc2cccc(C)c2)c1N. The van der Waals surface area contributed by atoms with Gasteiger partial charge in [-0.1, -0.05) is 12.1 Å². The number of rotatable bonds is 4. The van der Waals surface area contributed by atoms with Crippen molar-refractivity contribution >= 4 is 17.2 Å². The van der Waals surface area contributed by atoms with E-state index in [0.717, 1.165) is 11.3 Å². The fourth-order valence-electron chi connectivity index (χ4n) is 1.59. The second-order valence-electron chi connectivity index (χ2n) is 3.87. The molecule has 5 nitrogen and oxygen atoms in total. The Bertz CT molecular complexity index is 542. The van der Waals surface area contributed by atoms with Gasteiger partial charge in [0.25, 0.3) is 0 Å². The highest BCUT2D eigenvalue weighted by molar-refractivity contribution is 5.72. The van der Waals surface area contributed by atoms with Crippen LogP contribution in [0.1, 0.15) is 12.5 Å². The zero-order valence-electron chi connectivity index (χ0n) is 10.5. The van der Waals surface area contributed by atoms with E-state index in [1.165, 1.54) is 6.33 Å². The zero-order chi connectivity index (χ0) is 13.0. The number of anilines is 3. The molecule has 0 saturated carbocycles. The number of nitrogens with two attached hydrogens (primary N) is 1. The van der Waals surface area contributed by atoms with Gasteiger partial charge in [0.15, 0.2) is 5.82 Å². The van der Waals surface area contributed by atoms with Crippen LogP contribution in [0.4, 0.5) is 17.2 Å². The molecule has 1 aromatic carbocycles. The third-order valence-corrected chi connectivity index (χ3v) is 2.41. The summed E-state index contributed by atoms with van der Waals surface area (Å²) in [7, 11) is 0. The van der Waals surface area contributed by atoms with E-state index >= 15 is 0 Å². The molecule has 0 unspecified atom stereocenters. The summed E-state index contributed by atoms with van der Waals surface area (Å²) in [5.41, 5.74) is 8.46. The number of hydrogen-bond donors (Lipinski definition) is 2. The van der Waals surface area contributed by atoms with Crippen molar-refractivity contribution in [3.05, 3.63) is 36.2 Å². The molecule has 5 heteroatoms. The molecule has 0 fully saturated rings. The van der Waals surface area contributed by atoms with Crippen molar-refractivity contribution in [1.29, 1.82) is 0 Å². The van der Waals surface area contributed by atoms with Gasteiger partial charge in [-0.2, -0.15) is 4.98 Å². The first-order valence-electron chi connectivity index (χ1n) is 5.77. The number of nitrogen functional groups attached to an aromatic ring is 1. The van der Waals surface area contributed by atoms with Crippen molar-refractivity contribution < 1.29 is 4.74 Å². The molecule has 2 rings (SSSR count). The summed E-state index contributed by atoms with van der Waals surface area (Å²) in [5, 5.41) is 3.16. The van der Waals surface area contributed by atoms with Gasteiger partial charge in [0.2, 0.25) is 5.88 Å². The van der Waals surface area contributed by atoms with E-state index in [4.69, 9.17) is 10.5 Å². The van der Waals surface area contributed by atoms with Crippen LogP contribution < -0.4 is 15.8 Å². The normalized spacial score (nSPS) is 10.1. The lowest BCUT2D eigenvalue weighted by molar-refractivity contribution is 0.328. The van der Waals surface area contributed by atoms with Crippen LogP contribution in [-0.2, 0) is 0 Å². The van der Waals surface area contributed by atoms with E-state index in [1.807, 2.05) is 38.1 Å². The number of nitrogens with one attached hydrogen (secondary N) is 1. The molecule has 0 radical (unpaired) electrons. The first-order chi connectivity index (χ1) is 8.70. The first-order valence-corrected chi connectivity index (χ1v) is 5.77. The Hall–Kier alpha value is -2.30. The van der Waals surface area contributed by atoms with Gasteiger partial charge in [-0.25, -0.2) is 4.98 Å². The Morgan fingerprint density at radius 2 is 2.17 bits per heavy atom. The zero-order valence-corrected chi connectivity index (χ0v) is 10.5. The Kier molecular flexibility index (Phi) is 3.62. The number of nitrogens with zero attached hydrogens (tertiary/aromatic N) is 2. The van der Waals surface area contributed by atoms with E-state index in [0.29, 0.717) is 24.0 Å². The van der Waals surface area contributed by atoms with Gasteiger partial charge in [-0.05, 0) is 31.5 Å². The highest BCUT2D eigenvalue weighted by Gasteiger charge is 2.08. The van der Waals surface area contributed by atoms with Gasteiger partial charge in [-0.3, -0.25) is 0 Å². The van der Waals surface area contributed by atoms with E-state index in [-0.39, 0.29) is 0 Å². The first kappa shape index (κ1) is 12.2. The van der Waals surface area contributed by atoms with Crippen LogP contribution in [0.2, 0.25) is 0 Å². The minimum absolute atomic E-state index is 0.405. The van der Waals surface area contributed by atoms with E-state index < -0.39 is 0 Å². The topological polar surface area (TPSA) is 73.1 Å². The molecule has 0 atom stereocenters. The van der Waals surface area contributed by atoms with Gasteiger partial charge in [0.05, 0.1) is 6.61 Å². The molecule has 1 heterocycles. The summed E-state index contributed by atoms with van der Waals surface area (Å²) in [6.45, 7) is 4.43. The van der Waals surface area contributed by atoms with Crippen LogP contribution in [-0.4, -0.2) is 16.6 Å². The van der Waals surface area contributed by atoms with Gasteiger partial charge < -0.3 is 15.8 Å². The Labute approximate surface area is 106 Å². The fraction of sp³-hybridized carbons (Fsp3) is 0.231. The third-order valence-electron chi connectivity index (χ3n) is 2.41. The van der Waals surface area contributed by atoms with Crippen molar-refractivity contribution in [2.24, 2.45) is 0 Å². The highest BCUT2D eigenvalue weighted by atomic mass is 16.5. The molecule has 94 valence electrons. The van der Waals surface area contributed by atoms with Crippen molar-refractivity contribution in [1.82, 2.24) is 9.97 Å². The summed E-state index contributed by atoms with van der Waals surface area (Å²) < 4.78 is 5.32. The van der Waals surface area contributed by atoms with E-state index in [1.54, 1.807) is 0 Å². The standard InChI is InChI=1S/C13H16N4O/c1-3-18-13-11(14)12(15-8-16-13)17-10-6-4-5-9(2)7-10/h4-8H,3,14H2,1-2H3,(H,15,16,17). The Balaban J connectivity index is 2.26. The summed E-state index contributed by atoms with van der Waals surface area (Å²) in [6.07, 6.45) is 1.43. The van der Waals surface area contributed by atoms with Gasteiger partial charge in [0, 0.05) is 5.69 Å². The predicted octanol–water partition coefficient (Wildman–Crippen LogP) is 2.51. The lowest BCUT2D eigenvalue weighted by Crippen LogP contribution is -2.05. The molecule has 0 spiro atoms. The second kappa shape index (κ2) is 5.35. The van der Waals surface area contributed by atoms with Gasteiger partial charge in [0.1, 0.15) is 12.0 Å². The molecular weight excluding hydrogens is 228 g/mol. The average molecular weight is 244 g/mol. The molecule has 3 N–H and O–H groups in total. The maximum Gasteiger partial charge on any atom is 0.242 e. The fourth-order valence-corrected chi connectivity index (χ4v) is 1.59. The van der Waals surface area contributed by atoms with Crippen LogP contribution in [0.5, 0.6) is 5.88 Å². The molecule has 18 heavy (non-hydrogen) atoms. The molecule has 0 bridgehead atoms. The van der Waals surface area contributed by atoms with Gasteiger partial charge in [-0.15, -0.1) is 0 Å². The smallest absolute Gasteiger partial charge is 0.242 e. The summed E-state index contributed by atoms with van der Waals surface area (Å²) in [6, 6.07) is 7.97. The largest absolute Gasteiger partial charge is 0.476 e. The van der Waals surface area contributed by atoms with Crippen LogP contribution in [0.3, 0.4) is 0 Å². The van der Waals surface area contributed by atoms with E-state index in [9.17, 15) is 0 Å². The second-order valence-corrected chi connectivity index (χ2v) is 3.87. The van der Waals surface area contributed by atoms with Crippen molar-refractivity contribution in [3.8, 4) is 5.88 Å². The summed E-state index contributed by atoms with van der Waals surface area (Å²) in [5.74, 6) is 0.960. The molecule has 0 aliphatic carbocycles. The minimum Gasteiger partial charge on any atom is -0.476 e. The maximum absolute atomic E-state index is 5.94. The number of benzene rings is 1.